The summed E-state index contributed by atoms with van der Waals surface area (Å²) < 4.78 is 24.6. The molecule has 1 aliphatic heterocycles. The van der Waals surface area contributed by atoms with Gasteiger partial charge in [0, 0.05) is 13.5 Å². The lowest BCUT2D eigenvalue weighted by atomic mass is 10.1. The van der Waals surface area contributed by atoms with Gasteiger partial charge < -0.3 is 10.3 Å². The first-order valence-corrected chi connectivity index (χ1v) is 8.68. The molecule has 7 nitrogen and oxygen atoms in total. The number of nitrogens with zero attached hydrogens (tertiary/aromatic N) is 3. The van der Waals surface area contributed by atoms with E-state index in [0.717, 1.165) is 5.82 Å². The minimum absolute atomic E-state index is 0.113. The molecule has 0 spiro atoms. The topological polar surface area (TPSA) is 108 Å². The molecule has 106 valence electrons. The first-order valence-electron chi connectivity index (χ1n) is 5.87. The van der Waals surface area contributed by atoms with E-state index in [0.29, 0.717) is 18.0 Å². The quantitative estimate of drug-likeness (QED) is 0.726. The number of thioether (sulfide) groups is 1. The highest BCUT2D eigenvalue weighted by Crippen LogP contribution is 2.23. The average Bonchev–Trinajstić information content (AvgIpc) is 2.82. The molecule has 1 saturated heterocycles. The zero-order chi connectivity index (χ0) is 14.0. The van der Waals surface area contributed by atoms with Crippen LogP contribution < -0.4 is 5.73 Å². The van der Waals surface area contributed by atoms with Gasteiger partial charge in [0.1, 0.15) is 5.82 Å². The summed E-state index contributed by atoms with van der Waals surface area (Å²) in [5.74, 6) is 1.10. The van der Waals surface area contributed by atoms with Crippen molar-refractivity contribution in [1.82, 2.24) is 14.8 Å². The van der Waals surface area contributed by atoms with Crippen LogP contribution in [0.5, 0.6) is 0 Å². The van der Waals surface area contributed by atoms with Crippen LogP contribution in [0.15, 0.2) is 5.16 Å². The maximum atomic E-state index is 11.4. The summed E-state index contributed by atoms with van der Waals surface area (Å²) in [6, 6.07) is 0. The Morgan fingerprint density at radius 1 is 1.53 bits per heavy atom. The van der Waals surface area contributed by atoms with Crippen molar-refractivity contribution in [1.29, 1.82) is 0 Å². The van der Waals surface area contributed by atoms with Crippen LogP contribution in [0.3, 0.4) is 0 Å². The lowest BCUT2D eigenvalue weighted by molar-refractivity contribution is -0.115. The lowest BCUT2D eigenvalue weighted by Crippen LogP contribution is -2.14. The summed E-state index contributed by atoms with van der Waals surface area (Å²) in [5.41, 5.74) is 5.08. The predicted octanol–water partition coefficient (Wildman–Crippen LogP) is -0.630. The third-order valence-electron chi connectivity index (χ3n) is 3.07. The van der Waals surface area contributed by atoms with E-state index in [-0.39, 0.29) is 23.2 Å². The third-order valence-corrected chi connectivity index (χ3v) is 5.95. The molecule has 0 saturated carbocycles. The van der Waals surface area contributed by atoms with E-state index in [1.807, 2.05) is 7.05 Å². The third kappa shape index (κ3) is 3.69. The number of carbonyl (C=O) groups is 1. The Hall–Kier alpha value is -1.09. The van der Waals surface area contributed by atoms with Crippen LogP contribution in [0.2, 0.25) is 0 Å². The summed E-state index contributed by atoms with van der Waals surface area (Å²) in [5, 5.41) is 8.65. The van der Waals surface area contributed by atoms with Crippen molar-refractivity contribution in [2.24, 2.45) is 18.7 Å². The summed E-state index contributed by atoms with van der Waals surface area (Å²) in [7, 11) is -1.06. The molecule has 1 atom stereocenters. The highest BCUT2D eigenvalue weighted by Gasteiger charge is 2.29. The molecule has 0 aromatic carbocycles. The van der Waals surface area contributed by atoms with Gasteiger partial charge in [-0.25, -0.2) is 8.42 Å². The van der Waals surface area contributed by atoms with Crippen molar-refractivity contribution >= 4 is 27.5 Å². The van der Waals surface area contributed by atoms with E-state index in [1.165, 1.54) is 11.8 Å². The van der Waals surface area contributed by atoms with Crippen molar-refractivity contribution in [3.63, 3.8) is 0 Å². The molecule has 2 heterocycles. The van der Waals surface area contributed by atoms with Gasteiger partial charge in [-0.1, -0.05) is 11.8 Å². The molecular formula is C10H16N4O3S2. The number of primary amides is 1. The van der Waals surface area contributed by atoms with Crippen molar-refractivity contribution in [2.45, 2.75) is 18.0 Å². The number of hydrogen-bond donors (Lipinski definition) is 1. The summed E-state index contributed by atoms with van der Waals surface area (Å²) in [6.45, 7) is 0. The summed E-state index contributed by atoms with van der Waals surface area (Å²) in [4.78, 5) is 10.7. The second-order valence-corrected chi connectivity index (χ2v) is 7.86. The van der Waals surface area contributed by atoms with Crippen LogP contribution >= 0.6 is 11.8 Å². The fourth-order valence-electron chi connectivity index (χ4n) is 2.08. The van der Waals surface area contributed by atoms with Crippen LogP contribution in [0.1, 0.15) is 12.2 Å². The number of sulfone groups is 1. The van der Waals surface area contributed by atoms with Gasteiger partial charge in [0.2, 0.25) is 5.91 Å². The number of amides is 1. The van der Waals surface area contributed by atoms with Crippen molar-refractivity contribution in [3.8, 4) is 0 Å². The first-order chi connectivity index (χ1) is 8.87. The SMILES string of the molecule is Cn1c(C[C@@H]2CCS(=O)(=O)C2)nnc1SCC(N)=O. The maximum absolute atomic E-state index is 11.4. The molecule has 0 radical (unpaired) electrons. The van der Waals surface area contributed by atoms with E-state index in [4.69, 9.17) is 5.73 Å². The van der Waals surface area contributed by atoms with Gasteiger partial charge in [0.25, 0.3) is 0 Å². The lowest BCUT2D eigenvalue weighted by Gasteiger charge is -2.07. The Morgan fingerprint density at radius 2 is 2.26 bits per heavy atom. The molecule has 0 bridgehead atoms. The largest absolute Gasteiger partial charge is 0.369 e. The van der Waals surface area contributed by atoms with Crippen molar-refractivity contribution < 1.29 is 13.2 Å². The van der Waals surface area contributed by atoms with Gasteiger partial charge in [-0.15, -0.1) is 10.2 Å². The van der Waals surface area contributed by atoms with E-state index < -0.39 is 15.7 Å². The van der Waals surface area contributed by atoms with Gasteiger partial charge >= 0.3 is 0 Å². The Morgan fingerprint density at radius 3 is 2.84 bits per heavy atom. The fourth-order valence-corrected chi connectivity index (χ4v) is 4.61. The molecule has 0 unspecified atom stereocenters. The minimum atomic E-state index is -2.87. The second kappa shape index (κ2) is 5.49. The van der Waals surface area contributed by atoms with Gasteiger partial charge in [-0.05, 0) is 12.3 Å². The molecule has 1 aromatic rings. The number of rotatable bonds is 5. The predicted molar refractivity (Wildman–Crippen MR) is 71.4 cm³/mol. The van der Waals surface area contributed by atoms with Crippen LogP contribution in [0.25, 0.3) is 0 Å². The highest BCUT2D eigenvalue weighted by molar-refractivity contribution is 7.99. The van der Waals surface area contributed by atoms with Crippen LogP contribution in [0, 0.1) is 5.92 Å². The van der Waals surface area contributed by atoms with Crippen LogP contribution in [-0.4, -0.2) is 46.3 Å². The van der Waals surface area contributed by atoms with Crippen LogP contribution in [0.4, 0.5) is 0 Å². The van der Waals surface area contributed by atoms with Gasteiger partial charge in [0.15, 0.2) is 15.0 Å². The van der Waals surface area contributed by atoms with Gasteiger partial charge in [-0.3, -0.25) is 4.79 Å². The summed E-state index contributed by atoms with van der Waals surface area (Å²) >= 11 is 1.23. The molecule has 1 aromatic heterocycles. The number of hydrogen-bond acceptors (Lipinski definition) is 6. The Kier molecular flexibility index (Phi) is 4.14. The van der Waals surface area contributed by atoms with Crippen molar-refractivity contribution in [2.75, 3.05) is 17.3 Å². The molecule has 9 heteroatoms. The standard InChI is InChI=1S/C10H16N4O3S2/c1-14-9(4-7-2-3-19(16,17)6-7)12-13-10(14)18-5-8(11)15/h7H,2-6H2,1H3,(H2,11,15)/t7-/m0/s1. The molecule has 2 rings (SSSR count). The molecule has 0 aliphatic carbocycles. The Balaban J connectivity index is 2.00. The molecule has 1 amide bonds. The Bertz CT molecular complexity index is 582. The monoisotopic (exact) mass is 304 g/mol. The molecule has 19 heavy (non-hydrogen) atoms. The smallest absolute Gasteiger partial charge is 0.227 e. The molecule has 1 aliphatic rings. The molecule has 1 fully saturated rings. The number of carbonyl (C=O) groups excluding carboxylic acids is 1. The zero-order valence-corrected chi connectivity index (χ0v) is 12.2. The van der Waals surface area contributed by atoms with E-state index in [2.05, 4.69) is 10.2 Å². The minimum Gasteiger partial charge on any atom is -0.369 e. The normalized spacial score (nSPS) is 21.6. The van der Waals surface area contributed by atoms with E-state index >= 15 is 0 Å². The average molecular weight is 304 g/mol. The van der Waals surface area contributed by atoms with Gasteiger partial charge in [0.05, 0.1) is 17.3 Å². The summed E-state index contributed by atoms with van der Waals surface area (Å²) in [6.07, 6.45) is 1.28. The first kappa shape index (κ1) is 14.3. The van der Waals surface area contributed by atoms with Crippen LogP contribution in [-0.2, 0) is 28.1 Å². The molecule has 2 N–H and O–H groups in total. The number of aromatic nitrogens is 3. The second-order valence-electron chi connectivity index (χ2n) is 4.69. The van der Waals surface area contributed by atoms with E-state index in [9.17, 15) is 13.2 Å². The van der Waals surface area contributed by atoms with E-state index in [1.54, 1.807) is 4.57 Å². The Labute approximate surface area is 115 Å². The number of nitrogens with two attached hydrogens (primary N) is 1. The van der Waals surface area contributed by atoms with Gasteiger partial charge in [-0.2, -0.15) is 0 Å². The molecular weight excluding hydrogens is 288 g/mol. The highest BCUT2D eigenvalue weighted by atomic mass is 32.2. The van der Waals surface area contributed by atoms with Crippen molar-refractivity contribution in [3.05, 3.63) is 5.82 Å². The fraction of sp³-hybridized carbons (Fsp3) is 0.700. The maximum Gasteiger partial charge on any atom is 0.227 e. The zero-order valence-electron chi connectivity index (χ0n) is 10.6.